The summed E-state index contributed by atoms with van der Waals surface area (Å²) < 4.78 is 1.70. The number of aromatic amines is 1. The third-order valence-electron chi connectivity index (χ3n) is 4.15. The van der Waals surface area contributed by atoms with Crippen molar-refractivity contribution in [3.63, 3.8) is 0 Å². The fraction of sp³-hybridized carbons (Fsp3) is 0.176. The summed E-state index contributed by atoms with van der Waals surface area (Å²) in [4.78, 5) is 15.7. The molecule has 0 fully saturated rings. The summed E-state index contributed by atoms with van der Waals surface area (Å²) in [6.07, 6.45) is 6.85. The molecule has 4 aromatic heterocycles. The third kappa shape index (κ3) is 2.79. The number of hydrogen-bond acceptors (Lipinski definition) is 6. The lowest BCUT2D eigenvalue weighted by atomic mass is 10.1. The fourth-order valence-corrected chi connectivity index (χ4v) is 2.92. The molecule has 9 heteroatoms. The minimum absolute atomic E-state index is 0.0343. The van der Waals surface area contributed by atoms with Crippen molar-refractivity contribution < 1.29 is 5.11 Å². The number of aliphatic hydroxyl groups excluding tert-OH is 1. The SMILES string of the molecule is C[C@H](CO)n1cc(-c2ccnc(N)n2)c(-c2cnc3[nH]cc(Cl)c3c2)n1. The van der Waals surface area contributed by atoms with Gasteiger partial charge >= 0.3 is 0 Å². The van der Waals surface area contributed by atoms with Gasteiger partial charge in [0.25, 0.3) is 0 Å². The van der Waals surface area contributed by atoms with Crippen LogP contribution in [-0.2, 0) is 0 Å². The number of anilines is 1. The summed E-state index contributed by atoms with van der Waals surface area (Å²) >= 11 is 6.22. The zero-order valence-corrected chi connectivity index (χ0v) is 14.6. The molecule has 0 aliphatic heterocycles. The topological polar surface area (TPSA) is 119 Å². The molecule has 4 rings (SSSR count). The molecule has 0 spiro atoms. The zero-order valence-electron chi connectivity index (χ0n) is 13.9. The molecule has 0 aliphatic rings. The Bertz CT molecular complexity index is 1090. The van der Waals surface area contributed by atoms with E-state index in [0.717, 1.165) is 16.5 Å². The molecule has 4 N–H and O–H groups in total. The summed E-state index contributed by atoms with van der Waals surface area (Å²) in [5, 5.41) is 15.5. The average Bonchev–Trinajstić information content (AvgIpc) is 3.25. The number of nitrogen functional groups attached to an aromatic ring is 1. The average molecular weight is 370 g/mol. The van der Waals surface area contributed by atoms with Crippen LogP contribution in [0.2, 0.25) is 5.02 Å². The number of hydrogen-bond donors (Lipinski definition) is 3. The van der Waals surface area contributed by atoms with Crippen LogP contribution in [0.1, 0.15) is 13.0 Å². The number of aromatic nitrogens is 6. The maximum Gasteiger partial charge on any atom is 0.220 e. The number of nitrogens with one attached hydrogen (secondary N) is 1. The number of fused-ring (bicyclic) bond motifs is 1. The minimum Gasteiger partial charge on any atom is -0.394 e. The van der Waals surface area contributed by atoms with E-state index >= 15 is 0 Å². The van der Waals surface area contributed by atoms with E-state index in [2.05, 4.69) is 25.0 Å². The first kappa shape index (κ1) is 16.5. The summed E-state index contributed by atoms with van der Waals surface area (Å²) in [5.74, 6) is 0.179. The van der Waals surface area contributed by atoms with Crippen molar-refractivity contribution in [2.45, 2.75) is 13.0 Å². The summed E-state index contributed by atoms with van der Waals surface area (Å²) in [5.41, 5.74) is 9.31. The molecule has 8 nitrogen and oxygen atoms in total. The molecule has 4 heterocycles. The lowest BCUT2D eigenvalue weighted by Crippen LogP contribution is -2.09. The van der Waals surface area contributed by atoms with Crippen molar-refractivity contribution >= 4 is 28.6 Å². The molecule has 0 aliphatic carbocycles. The second kappa shape index (κ2) is 6.40. The van der Waals surface area contributed by atoms with Crippen LogP contribution in [-0.4, -0.2) is 41.4 Å². The molecule has 26 heavy (non-hydrogen) atoms. The Labute approximate surface area is 153 Å². The van der Waals surface area contributed by atoms with Crippen molar-refractivity contribution in [1.29, 1.82) is 0 Å². The van der Waals surface area contributed by atoms with Crippen molar-refractivity contribution in [1.82, 2.24) is 29.7 Å². The van der Waals surface area contributed by atoms with E-state index < -0.39 is 0 Å². The molecule has 0 bridgehead atoms. The van der Waals surface area contributed by atoms with Crippen molar-refractivity contribution in [2.75, 3.05) is 12.3 Å². The van der Waals surface area contributed by atoms with Gasteiger partial charge in [-0.2, -0.15) is 5.10 Å². The normalized spacial score (nSPS) is 12.6. The maximum absolute atomic E-state index is 9.48. The number of pyridine rings is 1. The van der Waals surface area contributed by atoms with Crippen molar-refractivity contribution in [3.05, 3.63) is 41.9 Å². The fourth-order valence-electron chi connectivity index (χ4n) is 2.73. The molecule has 4 aromatic rings. The molecule has 0 radical (unpaired) electrons. The Hall–Kier alpha value is -2.97. The van der Waals surface area contributed by atoms with E-state index in [1.54, 1.807) is 29.3 Å². The Morgan fingerprint density at radius 2 is 2.23 bits per heavy atom. The first-order valence-corrected chi connectivity index (χ1v) is 8.36. The molecule has 0 aromatic carbocycles. The highest BCUT2D eigenvalue weighted by atomic mass is 35.5. The standard InChI is InChI=1S/C17H16ClN7O/c1-9(8-26)25-7-12(14-2-3-20-17(19)23-14)15(24-25)10-4-11-13(18)6-22-16(11)21-5-10/h2-7,9,26H,8H2,1H3,(H,21,22)(H2,19,20,23)/t9-/m1/s1. The van der Waals surface area contributed by atoms with Crippen LogP contribution in [0.5, 0.6) is 0 Å². The van der Waals surface area contributed by atoms with Crippen LogP contribution in [0.4, 0.5) is 5.95 Å². The highest BCUT2D eigenvalue weighted by Crippen LogP contribution is 2.33. The van der Waals surface area contributed by atoms with E-state index in [1.165, 1.54) is 0 Å². The summed E-state index contributed by atoms with van der Waals surface area (Å²) in [6, 6.07) is 3.50. The first-order chi connectivity index (χ1) is 12.6. The number of rotatable bonds is 4. The van der Waals surface area contributed by atoms with Crippen LogP contribution >= 0.6 is 11.6 Å². The highest BCUT2D eigenvalue weighted by Gasteiger charge is 2.18. The largest absolute Gasteiger partial charge is 0.394 e. The monoisotopic (exact) mass is 369 g/mol. The Balaban J connectivity index is 1.92. The van der Waals surface area contributed by atoms with E-state index in [-0.39, 0.29) is 18.6 Å². The lowest BCUT2D eigenvalue weighted by Gasteiger charge is -2.07. The van der Waals surface area contributed by atoms with E-state index in [4.69, 9.17) is 17.3 Å². The van der Waals surface area contributed by atoms with E-state index in [0.29, 0.717) is 22.1 Å². The smallest absolute Gasteiger partial charge is 0.220 e. The van der Waals surface area contributed by atoms with Gasteiger partial charge in [0.05, 0.1) is 23.4 Å². The van der Waals surface area contributed by atoms with Gasteiger partial charge in [-0.25, -0.2) is 15.0 Å². The van der Waals surface area contributed by atoms with Crippen LogP contribution in [0, 0.1) is 0 Å². The Kier molecular flexibility index (Phi) is 4.06. The number of H-pyrrole nitrogens is 1. The molecule has 0 saturated carbocycles. The number of aliphatic hydroxyl groups is 1. The zero-order chi connectivity index (χ0) is 18.3. The predicted octanol–water partition coefficient (Wildman–Crippen LogP) is 2.67. The van der Waals surface area contributed by atoms with Gasteiger partial charge in [-0.05, 0) is 19.1 Å². The summed E-state index contributed by atoms with van der Waals surface area (Å²) in [7, 11) is 0. The third-order valence-corrected chi connectivity index (χ3v) is 4.46. The van der Waals surface area contributed by atoms with Gasteiger partial charge in [0, 0.05) is 41.3 Å². The van der Waals surface area contributed by atoms with Gasteiger partial charge in [-0.15, -0.1) is 0 Å². The lowest BCUT2D eigenvalue weighted by molar-refractivity contribution is 0.230. The van der Waals surface area contributed by atoms with Gasteiger partial charge in [0.1, 0.15) is 11.3 Å². The molecular weight excluding hydrogens is 354 g/mol. The molecule has 0 unspecified atom stereocenters. The summed E-state index contributed by atoms with van der Waals surface area (Å²) in [6.45, 7) is 1.84. The van der Waals surface area contributed by atoms with Crippen LogP contribution in [0.3, 0.4) is 0 Å². The molecule has 0 saturated heterocycles. The van der Waals surface area contributed by atoms with Crippen LogP contribution in [0.15, 0.2) is 36.9 Å². The Morgan fingerprint density at radius 3 is 3.00 bits per heavy atom. The first-order valence-electron chi connectivity index (χ1n) is 7.98. The van der Waals surface area contributed by atoms with Gasteiger partial charge in [-0.1, -0.05) is 11.6 Å². The van der Waals surface area contributed by atoms with Gasteiger partial charge < -0.3 is 15.8 Å². The predicted molar refractivity (Wildman–Crippen MR) is 99.6 cm³/mol. The van der Waals surface area contributed by atoms with E-state index in [1.807, 2.05) is 19.2 Å². The maximum atomic E-state index is 9.48. The van der Waals surface area contributed by atoms with Gasteiger partial charge in [0.2, 0.25) is 5.95 Å². The van der Waals surface area contributed by atoms with Crippen LogP contribution < -0.4 is 5.73 Å². The van der Waals surface area contributed by atoms with Gasteiger partial charge in [-0.3, -0.25) is 4.68 Å². The second-order valence-electron chi connectivity index (χ2n) is 5.96. The molecule has 132 valence electrons. The minimum atomic E-state index is -0.186. The molecule has 0 amide bonds. The van der Waals surface area contributed by atoms with Crippen molar-refractivity contribution in [3.8, 4) is 22.5 Å². The molecule has 1 atom stereocenters. The number of nitrogens with zero attached hydrogens (tertiary/aromatic N) is 5. The van der Waals surface area contributed by atoms with Crippen LogP contribution in [0.25, 0.3) is 33.5 Å². The van der Waals surface area contributed by atoms with E-state index in [9.17, 15) is 5.11 Å². The van der Waals surface area contributed by atoms with Crippen molar-refractivity contribution in [2.24, 2.45) is 0 Å². The van der Waals surface area contributed by atoms with Gasteiger partial charge in [0.15, 0.2) is 0 Å². The molecular formula is C17H16ClN7O. The number of halogens is 1. The number of nitrogens with two attached hydrogens (primary N) is 1. The second-order valence-corrected chi connectivity index (χ2v) is 6.37. The highest BCUT2D eigenvalue weighted by molar-refractivity contribution is 6.35. The Morgan fingerprint density at radius 1 is 1.38 bits per heavy atom. The quantitative estimate of drug-likeness (QED) is 0.509.